The summed E-state index contributed by atoms with van der Waals surface area (Å²) in [6, 6.07) is 0. The number of ketones is 1. The maximum atomic E-state index is 13.6. The number of rotatable bonds is 8. The Kier molecular flexibility index (Phi) is 8.34. The Balaban J connectivity index is 1.61. The number of carbonyl (C=O) groups is 1. The van der Waals surface area contributed by atoms with Crippen LogP contribution in [0.1, 0.15) is 65.2 Å². The third kappa shape index (κ3) is 6.42. The lowest BCUT2D eigenvalue weighted by Gasteiger charge is -2.64. The van der Waals surface area contributed by atoms with Crippen LogP contribution in [-0.4, -0.2) is 49.6 Å². The van der Waals surface area contributed by atoms with Crippen molar-refractivity contribution in [3.05, 3.63) is 0 Å². The van der Waals surface area contributed by atoms with Crippen molar-refractivity contribution < 1.29 is 18.1 Å². The first-order chi connectivity index (χ1) is 16.8. The zero-order valence-electron chi connectivity index (χ0n) is 26.0. The lowest BCUT2D eigenvalue weighted by atomic mass is 9.44. The van der Waals surface area contributed by atoms with Crippen LogP contribution in [0.3, 0.4) is 0 Å². The van der Waals surface area contributed by atoms with Gasteiger partial charge in [0.2, 0.25) is 0 Å². The lowest BCUT2D eigenvalue weighted by Crippen LogP contribution is -2.61. The van der Waals surface area contributed by atoms with Crippen molar-refractivity contribution in [1.29, 1.82) is 0 Å². The summed E-state index contributed by atoms with van der Waals surface area (Å²) in [6.07, 6.45) is 10.4. The summed E-state index contributed by atoms with van der Waals surface area (Å²) in [7, 11) is -4.98. The van der Waals surface area contributed by atoms with Gasteiger partial charge in [0.05, 0.1) is 6.61 Å². The molecule has 4 nitrogen and oxygen atoms in total. The van der Waals surface area contributed by atoms with Crippen LogP contribution in [0.15, 0.2) is 0 Å². The number of carbonyl (C=O) groups excluding carboxylic acids is 1. The molecule has 214 valence electrons. The predicted octanol–water partition coefficient (Wildman–Crippen LogP) is 8.12. The average molecular weight is 567 g/mol. The molecule has 0 bridgehead atoms. The van der Waals surface area contributed by atoms with Crippen LogP contribution < -0.4 is 0 Å². The number of fused-ring (bicyclic) bond motifs is 5. The first-order valence-electron chi connectivity index (χ1n) is 15.3. The van der Waals surface area contributed by atoms with Gasteiger partial charge >= 0.3 is 0 Å². The van der Waals surface area contributed by atoms with E-state index >= 15 is 0 Å². The summed E-state index contributed by atoms with van der Waals surface area (Å²) in [5.41, 5.74) is 0.379. The van der Waals surface area contributed by atoms with Crippen molar-refractivity contribution in [2.24, 2.45) is 40.4 Å². The van der Waals surface area contributed by atoms with Gasteiger partial charge in [-0.25, -0.2) is 0 Å². The Labute approximate surface area is 231 Å². The summed E-state index contributed by atoms with van der Waals surface area (Å²) >= 11 is 0. The fourth-order valence-corrected chi connectivity index (χ4v) is 12.3. The van der Waals surface area contributed by atoms with Gasteiger partial charge < -0.3 is 13.3 Å². The van der Waals surface area contributed by atoms with Crippen molar-refractivity contribution in [1.82, 2.24) is 0 Å². The van der Waals surface area contributed by atoms with Gasteiger partial charge in [0, 0.05) is 18.1 Å². The Morgan fingerprint density at radius 3 is 2.03 bits per heavy atom. The maximum Gasteiger partial charge on any atom is 0.184 e. The highest BCUT2D eigenvalue weighted by Crippen LogP contribution is 2.68. The van der Waals surface area contributed by atoms with Gasteiger partial charge in [0.15, 0.2) is 30.7 Å². The summed E-state index contributed by atoms with van der Waals surface area (Å²) in [5, 5.41) is 0. The second-order valence-corrected chi connectivity index (χ2v) is 30.1. The second kappa shape index (κ2) is 10.2. The van der Waals surface area contributed by atoms with E-state index in [1.165, 1.54) is 38.5 Å². The minimum absolute atomic E-state index is 0.0483. The molecule has 0 radical (unpaired) electrons. The number of hydrogen-bond donors (Lipinski definition) is 0. The minimum Gasteiger partial charge on any atom is -0.415 e. The van der Waals surface area contributed by atoms with Crippen LogP contribution in [0.5, 0.6) is 0 Å². The molecule has 0 aromatic heterocycles. The Bertz CT molecular complexity index is 843. The molecule has 4 aliphatic rings. The fourth-order valence-electron chi connectivity index (χ4n) is 9.40. The molecule has 4 aliphatic carbocycles. The smallest absolute Gasteiger partial charge is 0.184 e. The number of Topliss-reactive ketones (excluding diaryl/α,β-unsaturated/α-hetero) is 1. The Morgan fingerprint density at radius 1 is 0.784 bits per heavy atom. The van der Waals surface area contributed by atoms with Gasteiger partial charge in [-0.3, -0.25) is 4.79 Å². The quantitative estimate of drug-likeness (QED) is 0.278. The summed E-state index contributed by atoms with van der Waals surface area (Å²) in [4.78, 5) is 13.6. The monoisotopic (exact) mass is 566 g/mol. The second-order valence-electron chi connectivity index (χ2n) is 16.7. The topological polar surface area (TPSA) is 44.8 Å². The molecule has 4 rings (SSSR count). The minimum atomic E-state index is -1.75. The molecule has 4 saturated carbocycles. The van der Waals surface area contributed by atoms with E-state index in [1.807, 2.05) is 0 Å². The zero-order chi connectivity index (χ0) is 27.6. The highest BCUT2D eigenvalue weighted by Gasteiger charge is 2.64. The van der Waals surface area contributed by atoms with Crippen molar-refractivity contribution in [2.75, 3.05) is 6.61 Å². The Hall–Kier alpha value is 0.201. The third-order valence-corrected chi connectivity index (χ3v) is 13.6. The van der Waals surface area contributed by atoms with Crippen LogP contribution in [0.4, 0.5) is 0 Å². The van der Waals surface area contributed by atoms with Crippen molar-refractivity contribution in [3.63, 3.8) is 0 Å². The van der Waals surface area contributed by atoms with Gasteiger partial charge in [-0.15, -0.1) is 0 Å². The van der Waals surface area contributed by atoms with E-state index in [0.29, 0.717) is 41.7 Å². The molecular formula is C30H58O4Si3. The van der Waals surface area contributed by atoms with E-state index in [-0.39, 0.29) is 17.4 Å². The molecule has 0 spiro atoms. The number of hydrogen-bond acceptors (Lipinski definition) is 4. The van der Waals surface area contributed by atoms with Crippen LogP contribution in [0.2, 0.25) is 58.9 Å². The van der Waals surface area contributed by atoms with Gasteiger partial charge in [-0.1, -0.05) is 13.8 Å². The van der Waals surface area contributed by atoms with E-state index in [9.17, 15) is 4.79 Å². The van der Waals surface area contributed by atoms with Gasteiger partial charge in [-0.05, 0) is 145 Å². The van der Waals surface area contributed by atoms with E-state index in [4.69, 9.17) is 13.3 Å². The standard InChI is InChI=1S/C30H58O4Si3/c1-29-17-16-22(33-36(6,7)8)18-21(29)12-13-23-24-14-15-25(26(31)20-32-35(3,4)5)30(24,2)19-27(28(23)29)34-37(9,10)11/h21-25,27-28H,12-20H2,1-11H3. The van der Waals surface area contributed by atoms with Crippen molar-refractivity contribution >= 4 is 30.7 Å². The summed E-state index contributed by atoms with van der Waals surface area (Å²) in [5.74, 6) is 3.19. The van der Waals surface area contributed by atoms with Gasteiger partial charge in [-0.2, -0.15) is 0 Å². The highest BCUT2D eigenvalue weighted by molar-refractivity contribution is 6.70. The van der Waals surface area contributed by atoms with Gasteiger partial charge in [0.1, 0.15) is 0 Å². The van der Waals surface area contributed by atoms with Crippen LogP contribution in [-0.2, 0) is 18.1 Å². The van der Waals surface area contributed by atoms with E-state index in [1.54, 1.807) is 0 Å². The third-order valence-electron chi connectivity index (χ3n) is 10.6. The molecular weight excluding hydrogens is 509 g/mol. The van der Waals surface area contributed by atoms with E-state index < -0.39 is 25.0 Å². The van der Waals surface area contributed by atoms with Crippen molar-refractivity contribution in [3.8, 4) is 0 Å². The fraction of sp³-hybridized carbons (Fsp3) is 0.967. The molecule has 0 aliphatic heterocycles. The first-order valence-corrected chi connectivity index (χ1v) is 25.6. The molecule has 0 N–H and O–H groups in total. The first kappa shape index (κ1) is 30.2. The van der Waals surface area contributed by atoms with Crippen LogP contribution in [0.25, 0.3) is 0 Å². The van der Waals surface area contributed by atoms with Crippen molar-refractivity contribution in [2.45, 2.75) is 136 Å². The molecule has 7 heteroatoms. The van der Waals surface area contributed by atoms with E-state index in [0.717, 1.165) is 18.8 Å². The highest BCUT2D eigenvalue weighted by atomic mass is 28.4. The predicted molar refractivity (Wildman–Crippen MR) is 161 cm³/mol. The zero-order valence-corrected chi connectivity index (χ0v) is 29.0. The van der Waals surface area contributed by atoms with Crippen LogP contribution >= 0.6 is 0 Å². The molecule has 0 aromatic rings. The summed E-state index contributed by atoms with van der Waals surface area (Å²) < 4.78 is 20.0. The van der Waals surface area contributed by atoms with Gasteiger partial charge in [0.25, 0.3) is 0 Å². The molecule has 4 fully saturated rings. The summed E-state index contributed by atoms with van der Waals surface area (Å²) in [6.45, 7) is 26.0. The van der Waals surface area contributed by atoms with Crippen LogP contribution in [0, 0.1) is 40.4 Å². The molecule has 0 heterocycles. The lowest BCUT2D eigenvalue weighted by molar-refractivity contribution is -0.173. The molecule has 9 atom stereocenters. The maximum absolute atomic E-state index is 13.6. The molecule has 0 saturated heterocycles. The SMILES string of the molecule is CC12CC(O[Si](C)(C)C)C3C(CCC4CC(O[Si](C)(C)C)CCC43C)C1CCC2C(=O)CO[Si](C)(C)C. The largest absolute Gasteiger partial charge is 0.415 e. The molecule has 9 unspecified atom stereocenters. The average Bonchev–Trinajstić information content (AvgIpc) is 3.06. The molecule has 0 amide bonds. The molecule has 0 aromatic carbocycles. The normalized spacial score (nSPS) is 42.6. The Morgan fingerprint density at radius 2 is 1.43 bits per heavy atom. The molecule has 37 heavy (non-hydrogen) atoms. The van der Waals surface area contributed by atoms with E-state index in [2.05, 4.69) is 72.8 Å².